The highest BCUT2D eigenvalue weighted by atomic mass is 35.5. The lowest BCUT2D eigenvalue weighted by Crippen LogP contribution is -2.29. The highest BCUT2D eigenvalue weighted by molar-refractivity contribution is 6.31. The van der Waals surface area contributed by atoms with E-state index >= 15 is 0 Å². The van der Waals surface area contributed by atoms with Gasteiger partial charge in [0.15, 0.2) is 0 Å². The summed E-state index contributed by atoms with van der Waals surface area (Å²) in [5.41, 5.74) is 0.222. The van der Waals surface area contributed by atoms with Crippen LogP contribution in [0, 0.1) is 5.82 Å². The molecule has 1 amide bonds. The van der Waals surface area contributed by atoms with Crippen molar-refractivity contribution in [2.75, 3.05) is 18.5 Å². The second-order valence-electron chi connectivity index (χ2n) is 6.36. The molecule has 2 aromatic rings. The number of ether oxygens (including phenoxy) is 1. The van der Waals surface area contributed by atoms with Crippen molar-refractivity contribution in [3.05, 3.63) is 50.5 Å². The van der Waals surface area contributed by atoms with Gasteiger partial charge in [-0.1, -0.05) is 17.7 Å². The van der Waals surface area contributed by atoms with Gasteiger partial charge < -0.3 is 10.1 Å². The van der Waals surface area contributed by atoms with Crippen molar-refractivity contribution in [2.24, 2.45) is 0 Å². The number of rotatable bonds is 2. The first-order chi connectivity index (χ1) is 12.1. The fourth-order valence-corrected chi connectivity index (χ4v) is 3.99. The van der Waals surface area contributed by atoms with Gasteiger partial charge in [-0.3, -0.25) is 19.4 Å². The van der Waals surface area contributed by atoms with Crippen molar-refractivity contribution in [3.63, 3.8) is 0 Å². The van der Waals surface area contributed by atoms with E-state index in [9.17, 15) is 14.0 Å². The molecule has 8 heteroatoms. The van der Waals surface area contributed by atoms with E-state index in [1.807, 2.05) is 0 Å². The molecule has 3 heterocycles. The molecule has 132 valence electrons. The van der Waals surface area contributed by atoms with E-state index in [1.165, 1.54) is 12.1 Å². The molecule has 1 aromatic carbocycles. The van der Waals surface area contributed by atoms with Gasteiger partial charge >= 0.3 is 0 Å². The van der Waals surface area contributed by atoms with Crippen LogP contribution in [0.3, 0.4) is 0 Å². The third-order valence-electron chi connectivity index (χ3n) is 4.86. The molecule has 1 saturated heterocycles. The monoisotopic (exact) mass is 365 g/mol. The Morgan fingerprint density at radius 2 is 1.96 bits per heavy atom. The van der Waals surface area contributed by atoms with E-state index in [1.54, 1.807) is 10.7 Å². The normalized spacial score (nSPS) is 21.0. The number of hydrogen-bond donors (Lipinski definition) is 2. The fourth-order valence-electron chi connectivity index (χ4n) is 3.69. The summed E-state index contributed by atoms with van der Waals surface area (Å²) in [6, 6.07) is 4.38. The minimum Gasteiger partial charge on any atom is -0.381 e. The number of nitrogens with one attached hydrogen (secondary N) is 2. The van der Waals surface area contributed by atoms with E-state index in [4.69, 9.17) is 16.3 Å². The van der Waals surface area contributed by atoms with Crippen molar-refractivity contribution in [1.82, 2.24) is 9.78 Å². The van der Waals surface area contributed by atoms with Gasteiger partial charge in [-0.2, -0.15) is 0 Å². The van der Waals surface area contributed by atoms with Gasteiger partial charge in [-0.15, -0.1) is 0 Å². The van der Waals surface area contributed by atoms with E-state index < -0.39 is 11.7 Å². The van der Waals surface area contributed by atoms with Crippen LogP contribution in [0.1, 0.15) is 42.3 Å². The first-order valence-corrected chi connectivity index (χ1v) is 8.60. The van der Waals surface area contributed by atoms with Gasteiger partial charge in [-0.25, -0.2) is 4.39 Å². The number of hydrogen-bond acceptors (Lipinski definition) is 3. The van der Waals surface area contributed by atoms with Crippen LogP contribution < -0.4 is 10.9 Å². The maximum atomic E-state index is 14.4. The highest BCUT2D eigenvalue weighted by Crippen LogP contribution is 2.40. The first-order valence-electron chi connectivity index (χ1n) is 8.22. The van der Waals surface area contributed by atoms with Crippen LogP contribution in [0.4, 0.5) is 10.2 Å². The zero-order valence-corrected chi connectivity index (χ0v) is 14.1. The van der Waals surface area contributed by atoms with Crippen LogP contribution in [-0.2, 0) is 9.53 Å². The van der Waals surface area contributed by atoms with Crippen LogP contribution in [0.2, 0.25) is 5.02 Å². The fraction of sp³-hybridized carbons (Fsp3) is 0.412. The molecule has 4 rings (SSSR count). The molecule has 6 nitrogen and oxygen atoms in total. The molecule has 2 N–H and O–H groups in total. The van der Waals surface area contributed by atoms with E-state index in [-0.39, 0.29) is 34.5 Å². The summed E-state index contributed by atoms with van der Waals surface area (Å²) in [7, 11) is 0. The molecule has 0 saturated carbocycles. The molecule has 2 aliphatic heterocycles. The summed E-state index contributed by atoms with van der Waals surface area (Å²) in [6.45, 7) is 1.19. The topological polar surface area (TPSA) is 76.1 Å². The summed E-state index contributed by atoms with van der Waals surface area (Å²) in [5.74, 6) is -1.08. The zero-order valence-electron chi connectivity index (χ0n) is 13.4. The largest absolute Gasteiger partial charge is 0.381 e. The quantitative estimate of drug-likeness (QED) is 0.859. The Balaban J connectivity index is 1.86. The van der Waals surface area contributed by atoms with Crippen LogP contribution >= 0.6 is 11.6 Å². The number of H-pyrrole nitrogens is 1. The van der Waals surface area contributed by atoms with Gasteiger partial charge in [0.1, 0.15) is 11.6 Å². The lowest BCUT2D eigenvalue weighted by Gasteiger charge is -2.28. The van der Waals surface area contributed by atoms with Crippen molar-refractivity contribution in [2.45, 2.75) is 31.2 Å². The highest BCUT2D eigenvalue weighted by Gasteiger charge is 2.36. The number of benzene rings is 1. The Bertz CT molecular complexity index is 865. The van der Waals surface area contributed by atoms with Crippen LogP contribution in [0.25, 0.3) is 0 Å². The molecule has 1 atom stereocenters. The second-order valence-corrected chi connectivity index (χ2v) is 6.76. The van der Waals surface area contributed by atoms with E-state index in [0.29, 0.717) is 24.6 Å². The third-order valence-corrected chi connectivity index (χ3v) is 5.19. The molecule has 1 aromatic heterocycles. The standard InChI is InChI=1S/C17H17ClFN3O3/c18-11-2-1-3-12(19)14(11)10-8-13(23)20-16-15(10)17(24)21-22(16)9-4-6-25-7-5-9/h1-3,9-10H,4-8H2,(H,20,23)(H,21,24)/t10-/m0/s1. The number of carbonyl (C=O) groups excluding carboxylic acids is 1. The zero-order chi connectivity index (χ0) is 17.6. The number of halogens is 2. The molecular weight excluding hydrogens is 349 g/mol. The number of aromatic amines is 1. The molecule has 2 aliphatic rings. The lowest BCUT2D eigenvalue weighted by molar-refractivity contribution is -0.116. The summed E-state index contributed by atoms with van der Waals surface area (Å²) in [5, 5.41) is 5.79. The Labute approximate surface area is 147 Å². The molecular formula is C17H17ClFN3O3. The number of carbonyl (C=O) groups is 1. The summed E-state index contributed by atoms with van der Waals surface area (Å²) in [4.78, 5) is 24.9. The maximum Gasteiger partial charge on any atom is 0.270 e. The Hall–Kier alpha value is -2.12. The van der Waals surface area contributed by atoms with Crippen molar-refractivity contribution in [3.8, 4) is 0 Å². The average Bonchev–Trinajstić information content (AvgIpc) is 2.92. The number of anilines is 1. The Morgan fingerprint density at radius 1 is 1.20 bits per heavy atom. The molecule has 0 spiro atoms. The SMILES string of the molecule is O=C1C[C@@H](c2c(F)cccc2Cl)c2c(n(C3CCOCC3)[nH]c2=O)N1. The minimum atomic E-state index is -0.706. The van der Waals surface area contributed by atoms with Crippen molar-refractivity contribution >= 4 is 23.3 Å². The average molecular weight is 366 g/mol. The summed E-state index contributed by atoms with van der Waals surface area (Å²) >= 11 is 6.18. The molecule has 0 aliphatic carbocycles. The summed E-state index contributed by atoms with van der Waals surface area (Å²) < 4.78 is 21.4. The van der Waals surface area contributed by atoms with E-state index in [0.717, 1.165) is 12.8 Å². The molecule has 0 bridgehead atoms. The summed E-state index contributed by atoms with van der Waals surface area (Å²) in [6.07, 6.45) is 1.45. The maximum absolute atomic E-state index is 14.4. The number of aromatic nitrogens is 2. The number of nitrogens with zero attached hydrogens (tertiary/aromatic N) is 1. The predicted molar refractivity (Wildman–Crippen MR) is 90.6 cm³/mol. The molecule has 0 unspecified atom stereocenters. The number of fused-ring (bicyclic) bond motifs is 1. The Kier molecular flexibility index (Phi) is 4.13. The van der Waals surface area contributed by atoms with Crippen molar-refractivity contribution < 1.29 is 13.9 Å². The third kappa shape index (κ3) is 2.77. The molecule has 0 radical (unpaired) electrons. The van der Waals surface area contributed by atoms with Crippen molar-refractivity contribution in [1.29, 1.82) is 0 Å². The van der Waals surface area contributed by atoms with E-state index in [2.05, 4.69) is 10.4 Å². The van der Waals surface area contributed by atoms with Gasteiger partial charge in [0, 0.05) is 36.1 Å². The van der Waals surface area contributed by atoms with Gasteiger partial charge in [-0.05, 0) is 25.0 Å². The molecule has 1 fully saturated rings. The van der Waals surface area contributed by atoms with Gasteiger partial charge in [0.05, 0.1) is 11.6 Å². The predicted octanol–water partition coefficient (Wildman–Crippen LogP) is 2.79. The van der Waals surface area contributed by atoms with Gasteiger partial charge in [0.25, 0.3) is 5.56 Å². The lowest BCUT2D eigenvalue weighted by atomic mass is 9.86. The minimum absolute atomic E-state index is 0.0193. The van der Waals surface area contributed by atoms with Crippen LogP contribution in [-0.4, -0.2) is 28.9 Å². The second kappa shape index (κ2) is 6.31. The smallest absolute Gasteiger partial charge is 0.270 e. The molecule has 25 heavy (non-hydrogen) atoms. The van der Waals surface area contributed by atoms with Crippen LogP contribution in [0.5, 0.6) is 0 Å². The van der Waals surface area contributed by atoms with Gasteiger partial charge in [0.2, 0.25) is 5.91 Å². The number of amides is 1. The first kappa shape index (κ1) is 16.4. The van der Waals surface area contributed by atoms with Crippen LogP contribution in [0.15, 0.2) is 23.0 Å². The Morgan fingerprint density at radius 3 is 2.68 bits per heavy atom.